The minimum atomic E-state index is 0.248. The molecule has 1 atom stereocenters. The monoisotopic (exact) mass is 253 g/mol. The van der Waals surface area contributed by atoms with Crippen molar-refractivity contribution < 1.29 is 4.74 Å². The number of para-hydroxylation sites is 3. The number of hydrogen-bond acceptors (Lipinski definition) is 2. The first kappa shape index (κ1) is 12.1. The van der Waals surface area contributed by atoms with E-state index in [0.29, 0.717) is 5.92 Å². The summed E-state index contributed by atoms with van der Waals surface area (Å²) < 4.78 is 6.20. The average Bonchev–Trinajstić information content (AvgIpc) is 2.54. The van der Waals surface area contributed by atoms with Gasteiger partial charge >= 0.3 is 0 Å². The van der Waals surface area contributed by atoms with E-state index in [1.807, 2.05) is 18.2 Å². The smallest absolute Gasteiger partial charge is 0.150 e. The molecule has 2 aromatic carbocycles. The largest absolute Gasteiger partial charge is 0.455 e. The number of ether oxygens (including phenoxy) is 1. The van der Waals surface area contributed by atoms with Crippen molar-refractivity contribution >= 4 is 5.69 Å². The van der Waals surface area contributed by atoms with Gasteiger partial charge in [-0.3, -0.25) is 0 Å². The molecule has 98 valence electrons. The van der Waals surface area contributed by atoms with Gasteiger partial charge in [-0.05, 0) is 30.5 Å². The minimum Gasteiger partial charge on any atom is -0.455 e. The Morgan fingerprint density at radius 1 is 1.05 bits per heavy atom. The Labute approximate surface area is 114 Å². The second kappa shape index (κ2) is 4.61. The second-order valence-electron chi connectivity index (χ2n) is 5.38. The summed E-state index contributed by atoms with van der Waals surface area (Å²) >= 11 is 0. The first-order valence-electron chi connectivity index (χ1n) is 6.83. The Hall–Kier alpha value is -1.96. The molecular weight excluding hydrogens is 234 g/mol. The van der Waals surface area contributed by atoms with Crippen LogP contribution in [0.5, 0.6) is 11.5 Å². The molecule has 2 aromatic rings. The predicted molar refractivity (Wildman–Crippen MR) is 79.1 cm³/mol. The van der Waals surface area contributed by atoms with Crippen LogP contribution in [0.2, 0.25) is 0 Å². The maximum atomic E-state index is 6.20. The SMILES string of the molecule is CC(C)c1cccc2c1Oc1ccccc1NC2C. The van der Waals surface area contributed by atoms with Crippen molar-refractivity contribution in [2.75, 3.05) is 5.32 Å². The highest BCUT2D eigenvalue weighted by molar-refractivity contribution is 5.63. The number of nitrogens with one attached hydrogen (secondary N) is 1. The van der Waals surface area contributed by atoms with E-state index in [2.05, 4.69) is 50.4 Å². The van der Waals surface area contributed by atoms with Crippen molar-refractivity contribution in [3.05, 3.63) is 53.6 Å². The number of rotatable bonds is 1. The molecule has 0 spiro atoms. The number of hydrogen-bond donors (Lipinski definition) is 1. The minimum absolute atomic E-state index is 0.248. The summed E-state index contributed by atoms with van der Waals surface area (Å²) in [5.41, 5.74) is 3.55. The number of benzene rings is 2. The van der Waals surface area contributed by atoms with Crippen molar-refractivity contribution in [1.29, 1.82) is 0 Å². The molecule has 1 unspecified atom stereocenters. The van der Waals surface area contributed by atoms with Crippen LogP contribution in [0.25, 0.3) is 0 Å². The molecule has 0 saturated carbocycles. The third-order valence-corrected chi connectivity index (χ3v) is 3.64. The van der Waals surface area contributed by atoms with Crippen LogP contribution in [0, 0.1) is 0 Å². The van der Waals surface area contributed by atoms with Gasteiger partial charge in [-0.25, -0.2) is 0 Å². The van der Waals surface area contributed by atoms with Gasteiger partial charge in [0.05, 0.1) is 11.7 Å². The highest BCUT2D eigenvalue weighted by atomic mass is 16.5. The molecule has 0 radical (unpaired) electrons. The molecule has 19 heavy (non-hydrogen) atoms. The normalized spacial score (nSPS) is 16.9. The van der Waals surface area contributed by atoms with E-state index < -0.39 is 0 Å². The third-order valence-electron chi connectivity index (χ3n) is 3.64. The van der Waals surface area contributed by atoms with Gasteiger partial charge in [0.2, 0.25) is 0 Å². The maximum absolute atomic E-state index is 6.20. The molecule has 0 bridgehead atoms. The lowest BCUT2D eigenvalue weighted by molar-refractivity contribution is 0.472. The van der Waals surface area contributed by atoms with Crippen LogP contribution in [-0.4, -0.2) is 0 Å². The highest BCUT2D eigenvalue weighted by Crippen LogP contribution is 2.43. The lowest BCUT2D eigenvalue weighted by Crippen LogP contribution is -2.05. The van der Waals surface area contributed by atoms with E-state index in [-0.39, 0.29) is 6.04 Å². The summed E-state index contributed by atoms with van der Waals surface area (Å²) in [6.45, 7) is 6.58. The zero-order chi connectivity index (χ0) is 13.4. The molecule has 1 N–H and O–H groups in total. The summed E-state index contributed by atoms with van der Waals surface area (Å²) in [7, 11) is 0. The Morgan fingerprint density at radius 3 is 2.63 bits per heavy atom. The first-order valence-corrected chi connectivity index (χ1v) is 6.83. The lowest BCUT2D eigenvalue weighted by atomic mass is 9.96. The average molecular weight is 253 g/mol. The molecular formula is C17H19NO. The highest BCUT2D eigenvalue weighted by Gasteiger charge is 2.22. The molecule has 3 rings (SSSR count). The quantitative estimate of drug-likeness (QED) is 0.764. The summed E-state index contributed by atoms with van der Waals surface area (Å²) in [5.74, 6) is 2.37. The van der Waals surface area contributed by atoms with Crippen LogP contribution < -0.4 is 10.1 Å². The van der Waals surface area contributed by atoms with E-state index in [4.69, 9.17) is 4.74 Å². The molecule has 0 aliphatic carbocycles. The van der Waals surface area contributed by atoms with Crippen LogP contribution >= 0.6 is 0 Å². The van der Waals surface area contributed by atoms with Crippen LogP contribution in [0.1, 0.15) is 43.9 Å². The van der Waals surface area contributed by atoms with Gasteiger partial charge in [0.15, 0.2) is 5.75 Å². The molecule has 2 heteroatoms. The summed E-state index contributed by atoms with van der Waals surface area (Å²) in [5, 5.41) is 3.52. The Kier molecular flexibility index (Phi) is 2.94. The molecule has 0 aromatic heterocycles. The van der Waals surface area contributed by atoms with E-state index in [1.165, 1.54) is 11.1 Å². The third kappa shape index (κ3) is 2.07. The second-order valence-corrected chi connectivity index (χ2v) is 5.38. The maximum Gasteiger partial charge on any atom is 0.150 e. The number of anilines is 1. The Balaban J connectivity index is 2.18. The van der Waals surface area contributed by atoms with Crippen molar-refractivity contribution in [3.8, 4) is 11.5 Å². The first-order chi connectivity index (χ1) is 9.16. The van der Waals surface area contributed by atoms with Crippen LogP contribution in [0.15, 0.2) is 42.5 Å². The summed E-state index contributed by atoms with van der Waals surface area (Å²) in [4.78, 5) is 0. The molecule has 1 aliphatic heterocycles. The van der Waals surface area contributed by atoms with E-state index in [0.717, 1.165) is 17.2 Å². The lowest BCUT2D eigenvalue weighted by Gasteiger charge is -2.17. The molecule has 0 amide bonds. The zero-order valence-corrected chi connectivity index (χ0v) is 11.6. The van der Waals surface area contributed by atoms with Gasteiger partial charge < -0.3 is 10.1 Å². The van der Waals surface area contributed by atoms with E-state index in [1.54, 1.807) is 0 Å². The fourth-order valence-corrected chi connectivity index (χ4v) is 2.58. The van der Waals surface area contributed by atoms with E-state index >= 15 is 0 Å². The van der Waals surface area contributed by atoms with Gasteiger partial charge in [-0.2, -0.15) is 0 Å². The van der Waals surface area contributed by atoms with Gasteiger partial charge in [0.25, 0.3) is 0 Å². The number of fused-ring (bicyclic) bond motifs is 2. The Morgan fingerprint density at radius 2 is 1.84 bits per heavy atom. The molecule has 1 aliphatic rings. The van der Waals surface area contributed by atoms with Crippen molar-refractivity contribution in [2.24, 2.45) is 0 Å². The van der Waals surface area contributed by atoms with Gasteiger partial charge in [0, 0.05) is 5.56 Å². The van der Waals surface area contributed by atoms with Gasteiger partial charge in [-0.15, -0.1) is 0 Å². The van der Waals surface area contributed by atoms with Gasteiger partial charge in [-0.1, -0.05) is 44.2 Å². The van der Waals surface area contributed by atoms with Crippen molar-refractivity contribution in [3.63, 3.8) is 0 Å². The van der Waals surface area contributed by atoms with Crippen LogP contribution in [0.4, 0.5) is 5.69 Å². The standard InChI is InChI=1S/C17H19NO/c1-11(2)13-7-6-8-14-12(3)18-15-9-4-5-10-16(15)19-17(13)14/h4-12,18H,1-3H3. The molecule has 2 nitrogen and oxygen atoms in total. The summed E-state index contributed by atoms with van der Waals surface area (Å²) in [6, 6.07) is 14.8. The van der Waals surface area contributed by atoms with Crippen molar-refractivity contribution in [2.45, 2.75) is 32.7 Å². The van der Waals surface area contributed by atoms with Crippen LogP contribution in [0.3, 0.4) is 0 Å². The van der Waals surface area contributed by atoms with Crippen LogP contribution in [-0.2, 0) is 0 Å². The molecule has 0 fully saturated rings. The predicted octanol–water partition coefficient (Wildman–Crippen LogP) is 5.09. The summed E-state index contributed by atoms with van der Waals surface area (Å²) in [6.07, 6.45) is 0. The fraction of sp³-hybridized carbons (Fsp3) is 0.294. The van der Waals surface area contributed by atoms with Crippen molar-refractivity contribution in [1.82, 2.24) is 0 Å². The van der Waals surface area contributed by atoms with Gasteiger partial charge in [0.1, 0.15) is 5.75 Å². The molecule has 0 saturated heterocycles. The fourth-order valence-electron chi connectivity index (χ4n) is 2.58. The van der Waals surface area contributed by atoms with E-state index in [9.17, 15) is 0 Å². The molecule has 1 heterocycles. The topological polar surface area (TPSA) is 21.3 Å². The Bertz CT molecular complexity index is 604. The zero-order valence-electron chi connectivity index (χ0n) is 11.6.